The van der Waals surface area contributed by atoms with Gasteiger partial charge in [0.05, 0.1) is 10.9 Å². The summed E-state index contributed by atoms with van der Waals surface area (Å²) >= 11 is 8.97. The second-order valence-corrected chi connectivity index (χ2v) is 6.19. The fourth-order valence-electron chi connectivity index (χ4n) is 1.41. The van der Waals surface area contributed by atoms with Gasteiger partial charge in [-0.2, -0.15) is 11.3 Å². The zero-order valence-corrected chi connectivity index (χ0v) is 11.5. The predicted octanol–water partition coefficient (Wildman–Crippen LogP) is 3.71. The van der Waals surface area contributed by atoms with Crippen LogP contribution in [0.15, 0.2) is 29.0 Å². The Labute approximate surface area is 113 Å². The number of hydrogen-bond acceptors (Lipinski definition) is 3. The van der Waals surface area contributed by atoms with Crippen LogP contribution in [-0.2, 0) is 17.8 Å². The standard InChI is InChI=1S/C12H12ClNOS2/c13-11-3-2-10(17-11)7-14-12(15)4-1-9-5-6-16-8-9/h2-3,5-6,8H,1,4,7H2,(H,14,15). The maximum absolute atomic E-state index is 11.6. The van der Waals surface area contributed by atoms with Crippen LogP contribution in [0.25, 0.3) is 0 Å². The van der Waals surface area contributed by atoms with E-state index in [1.807, 2.05) is 17.5 Å². The summed E-state index contributed by atoms with van der Waals surface area (Å²) in [4.78, 5) is 12.7. The first-order valence-electron chi connectivity index (χ1n) is 5.26. The highest BCUT2D eigenvalue weighted by molar-refractivity contribution is 7.16. The molecule has 0 aliphatic heterocycles. The van der Waals surface area contributed by atoms with E-state index in [0.717, 1.165) is 15.6 Å². The third-order valence-electron chi connectivity index (χ3n) is 2.31. The zero-order valence-electron chi connectivity index (χ0n) is 9.11. The summed E-state index contributed by atoms with van der Waals surface area (Å²) in [6.45, 7) is 0.569. The Bertz CT molecular complexity index is 478. The van der Waals surface area contributed by atoms with E-state index in [2.05, 4.69) is 16.8 Å². The molecule has 2 rings (SSSR count). The van der Waals surface area contributed by atoms with Crippen molar-refractivity contribution < 1.29 is 4.79 Å². The normalized spacial score (nSPS) is 10.4. The smallest absolute Gasteiger partial charge is 0.220 e. The molecule has 0 bridgehead atoms. The molecule has 5 heteroatoms. The SMILES string of the molecule is O=C(CCc1ccsc1)NCc1ccc(Cl)s1. The summed E-state index contributed by atoms with van der Waals surface area (Å²) in [7, 11) is 0. The number of rotatable bonds is 5. The van der Waals surface area contributed by atoms with E-state index in [4.69, 9.17) is 11.6 Å². The molecule has 0 atom stereocenters. The molecule has 90 valence electrons. The number of halogens is 1. The average molecular weight is 286 g/mol. The summed E-state index contributed by atoms with van der Waals surface area (Å²) in [5, 5.41) is 7.00. The second kappa shape index (κ2) is 6.19. The average Bonchev–Trinajstić information content (AvgIpc) is 2.95. The first kappa shape index (κ1) is 12.6. The number of amides is 1. The molecule has 17 heavy (non-hydrogen) atoms. The minimum Gasteiger partial charge on any atom is -0.351 e. The summed E-state index contributed by atoms with van der Waals surface area (Å²) in [6, 6.07) is 5.84. The van der Waals surface area contributed by atoms with Crippen LogP contribution >= 0.6 is 34.3 Å². The lowest BCUT2D eigenvalue weighted by molar-refractivity contribution is -0.121. The minimum absolute atomic E-state index is 0.0840. The summed E-state index contributed by atoms with van der Waals surface area (Å²) < 4.78 is 0.757. The van der Waals surface area contributed by atoms with Crippen molar-refractivity contribution in [3.05, 3.63) is 43.7 Å². The summed E-state index contributed by atoms with van der Waals surface area (Å²) in [5.74, 6) is 0.0840. The first-order valence-corrected chi connectivity index (χ1v) is 7.40. The largest absolute Gasteiger partial charge is 0.351 e. The maximum atomic E-state index is 11.6. The van der Waals surface area contributed by atoms with E-state index < -0.39 is 0 Å². The lowest BCUT2D eigenvalue weighted by Gasteiger charge is -2.02. The van der Waals surface area contributed by atoms with Crippen molar-refractivity contribution in [2.75, 3.05) is 0 Å². The molecule has 0 radical (unpaired) electrons. The van der Waals surface area contributed by atoms with Crippen molar-refractivity contribution in [3.63, 3.8) is 0 Å². The molecule has 0 fully saturated rings. The maximum Gasteiger partial charge on any atom is 0.220 e. The van der Waals surface area contributed by atoms with Crippen LogP contribution in [0.5, 0.6) is 0 Å². The highest BCUT2D eigenvalue weighted by atomic mass is 35.5. The van der Waals surface area contributed by atoms with Gasteiger partial charge in [0.1, 0.15) is 0 Å². The Balaban J connectivity index is 1.71. The van der Waals surface area contributed by atoms with Crippen LogP contribution in [0.1, 0.15) is 16.9 Å². The highest BCUT2D eigenvalue weighted by Gasteiger charge is 2.04. The van der Waals surface area contributed by atoms with Gasteiger partial charge in [0.2, 0.25) is 5.91 Å². The van der Waals surface area contributed by atoms with E-state index in [1.165, 1.54) is 16.9 Å². The van der Waals surface area contributed by atoms with E-state index in [0.29, 0.717) is 13.0 Å². The molecule has 0 saturated heterocycles. The van der Waals surface area contributed by atoms with Gasteiger partial charge >= 0.3 is 0 Å². The Morgan fingerprint density at radius 1 is 1.35 bits per heavy atom. The Hall–Kier alpha value is -0.840. The van der Waals surface area contributed by atoms with Crippen molar-refractivity contribution in [3.8, 4) is 0 Å². The van der Waals surface area contributed by atoms with E-state index >= 15 is 0 Å². The fourth-order valence-corrected chi connectivity index (χ4v) is 3.14. The molecule has 0 aliphatic carbocycles. The van der Waals surface area contributed by atoms with Crippen LogP contribution in [0.3, 0.4) is 0 Å². The first-order chi connectivity index (χ1) is 8.24. The molecule has 0 aromatic carbocycles. The van der Waals surface area contributed by atoms with Crippen molar-refractivity contribution in [1.29, 1.82) is 0 Å². The van der Waals surface area contributed by atoms with Crippen LogP contribution in [0.4, 0.5) is 0 Å². The minimum atomic E-state index is 0.0840. The van der Waals surface area contributed by atoms with E-state index in [1.54, 1.807) is 11.3 Å². The molecular formula is C12H12ClNOS2. The molecule has 0 saturated carbocycles. The number of hydrogen-bond donors (Lipinski definition) is 1. The van der Waals surface area contributed by atoms with Gasteiger partial charge in [-0.15, -0.1) is 11.3 Å². The van der Waals surface area contributed by atoms with E-state index in [9.17, 15) is 4.79 Å². The second-order valence-electron chi connectivity index (χ2n) is 3.61. The van der Waals surface area contributed by atoms with Crippen LogP contribution in [0.2, 0.25) is 4.34 Å². The summed E-state index contributed by atoms with van der Waals surface area (Å²) in [6.07, 6.45) is 1.34. The molecule has 1 amide bonds. The van der Waals surface area contributed by atoms with Crippen molar-refractivity contribution in [1.82, 2.24) is 5.32 Å². The van der Waals surface area contributed by atoms with Gasteiger partial charge in [-0.25, -0.2) is 0 Å². The van der Waals surface area contributed by atoms with Gasteiger partial charge < -0.3 is 5.32 Å². The van der Waals surface area contributed by atoms with Gasteiger partial charge in [0, 0.05) is 11.3 Å². The topological polar surface area (TPSA) is 29.1 Å². The number of nitrogens with one attached hydrogen (secondary N) is 1. The monoisotopic (exact) mass is 285 g/mol. The molecule has 0 unspecified atom stereocenters. The number of carbonyl (C=O) groups excluding carboxylic acids is 1. The molecule has 2 aromatic heterocycles. The van der Waals surface area contributed by atoms with Crippen molar-refractivity contribution >= 4 is 40.2 Å². The number of carbonyl (C=O) groups is 1. The number of thiophene rings is 2. The molecule has 2 aromatic rings. The van der Waals surface area contributed by atoms with Crippen LogP contribution in [0, 0.1) is 0 Å². The third-order valence-corrected chi connectivity index (χ3v) is 4.27. The quantitative estimate of drug-likeness (QED) is 0.891. The highest BCUT2D eigenvalue weighted by Crippen LogP contribution is 2.21. The van der Waals surface area contributed by atoms with Gasteiger partial charge in [0.15, 0.2) is 0 Å². The Morgan fingerprint density at radius 3 is 2.88 bits per heavy atom. The Kier molecular flexibility index (Phi) is 4.59. The lowest BCUT2D eigenvalue weighted by Crippen LogP contribution is -2.22. The van der Waals surface area contributed by atoms with Crippen molar-refractivity contribution in [2.24, 2.45) is 0 Å². The van der Waals surface area contributed by atoms with Crippen LogP contribution in [-0.4, -0.2) is 5.91 Å². The lowest BCUT2D eigenvalue weighted by atomic mass is 10.2. The molecule has 2 heterocycles. The van der Waals surface area contributed by atoms with Crippen molar-refractivity contribution in [2.45, 2.75) is 19.4 Å². The third kappa shape index (κ3) is 4.15. The number of aryl methyl sites for hydroxylation is 1. The predicted molar refractivity (Wildman–Crippen MR) is 73.8 cm³/mol. The molecule has 0 aliphatic rings. The molecule has 0 spiro atoms. The Morgan fingerprint density at radius 2 is 2.24 bits per heavy atom. The van der Waals surface area contributed by atoms with Gasteiger partial charge in [0.25, 0.3) is 0 Å². The van der Waals surface area contributed by atoms with Gasteiger partial charge in [-0.3, -0.25) is 4.79 Å². The van der Waals surface area contributed by atoms with Gasteiger partial charge in [-0.05, 0) is 40.9 Å². The van der Waals surface area contributed by atoms with Gasteiger partial charge in [-0.1, -0.05) is 11.6 Å². The molecule has 1 N–H and O–H groups in total. The van der Waals surface area contributed by atoms with E-state index in [-0.39, 0.29) is 5.91 Å². The fraction of sp³-hybridized carbons (Fsp3) is 0.250. The molecule has 2 nitrogen and oxygen atoms in total. The zero-order chi connectivity index (χ0) is 12.1. The summed E-state index contributed by atoms with van der Waals surface area (Å²) in [5.41, 5.74) is 1.23. The van der Waals surface area contributed by atoms with Crippen LogP contribution < -0.4 is 5.32 Å². The molecular weight excluding hydrogens is 274 g/mol.